The lowest BCUT2D eigenvalue weighted by atomic mass is 10.1. The minimum atomic E-state index is -0.651. The zero-order valence-electron chi connectivity index (χ0n) is 14.9. The topological polar surface area (TPSA) is 90.9 Å². The Balaban J connectivity index is 1.65. The normalized spacial score (nSPS) is 14.6. The molecule has 3 heterocycles. The maximum absolute atomic E-state index is 13.8. The Morgan fingerprint density at radius 2 is 2.18 bits per heavy atom. The van der Waals surface area contributed by atoms with Gasteiger partial charge in [-0.15, -0.1) is 0 Å². The minimum Gasteiger partial charge on any atom is -0.482 e. The van der Waals surface area contributed by atoms with Gasteiger partial charge in [0.05, 0.1) is 18.1 Å². The van der Waals surface area contributed by atoms with Crippen LogP contribution >= 0.6 is 23.2 Å². The second-order valence-corrected chi connectivity index (χ2v) is 7.16. The van der Waals surface area contributed by atoms with E-state index < -0.39 is 11.9 Å². The van der Waals surface area contributed by atoms with E-state index >= 15 is 0 Å². The summed E-state index contributed by atoms with van der Waals surface area (Å²) in [5.41, 5.74) is 6.97. The average molecular weight is 423 g/mol. The Morgan fingerprint density at radius 3 is 2.96 bits per heavy atom. The van der Waals surface area contributed by atoms with E-state index in [4.69, 9.17) is 33.7 Å². The van der Waals surface area contributed by atoms with Crippen molar-refractivity contribution in [2.45, 2.75) is 26.1 Å². The lowest BCUT2D eigenvalue weighted by Crippen LogP contribution is -2.28. The largest absolute Gasteiger partial charge is 0.482 e. The van der Waals surface area contributed by atoms with E-state index in [2.05, 4.69) is 20.4 Å². The van der Waals surface area contributed by atoms with Gasteiger partial charge in [-0.25, -0.2) is 19.0 Å². The molecule has 0 saturated heterocycles. The quantitative estimate of drug-likeness (QED) is 0.623. The number of nitrogen functional groups attached to an aromatic ring is 1. The molecule has 0 radical (unpaired) electrons. The van der Waals surface area contributed by atoms with E-state index in [1.165, 1.54) is 12.1 Å². The molecule has 4 rings (SSSR count). The molecule has 0 spiro atoms. The molecule has 1 aliphatic rings. The molecule has 1 aromatic carbocycles. The number of rotatable bonds is 4. The lowest BCUT2D eigenvalue weighted by Gasteiger charge is -2.19. The van der Waals surface area contributed by atoms with Crippen molar-refractivity contribution in [1.29, 1.82) is 0 Å². The number of ether oxygens (including phenoxy) is 1. The van der Waals surface area contributed by atoms with Gasteiger partial charge in [0.25, 0.3) is 0 Å². The van der Waals surface area contributed by atoms with Crippen molar-refractivity contribution in [1.82, 2.24) is 25.1 Å². The summed E-state index contributed by atoms with van der Waals surface area (Å²) >= 11 is 12.3. The lowest BCUT2D eigenvalue weighted by molar-refractivity contribution is 0.227. The predicted octanol–water partition coefficient (Wildman–Crippen LogP) is 3.61. The zero-order chi connectivity index (χ0) is 19.8. The van der Waals surface area contributed by atoms with Crippen molar-refractivity contribution >= 4 is 29.0 Å². The molecule has 28 heavy (non-hydrogen) atoms. The maximum Gasteiger partial charge on any atom is 0.183 e. The van der Waals surface area contributed by atoms with Crippen molar-refractivity contribution in [2.75, 3.05) is 12.3 Å². The fourth-order valence-electron chi connectivity index (χ4n) is 3.03. The van der Waals surface area contributed by atoms with Gasteiger partial charge in [0, 0.05) is 28.9 Å². The smallest absolute Gasteiger partial charge is 0.183 e. The van der Waals surface area contributed by atoms with E-state index in [1.54, 1.807) is 19.2 Å². The minimum absolute atomic E-state index is 0.0846. The second-order valence-electron chi connectivity index (χ2n) is 6.38. The van der Waals surface area contributed by atoms with Crippen LogP contribution < -0.4 is 15.8 Å². The number of fused-ring (bicyclic) bond motifs is 1. The van der Waals surface area contributed by atoms with E-state index in [0.717, 1.165) is 18.9 Å². The average Bonchev–Trinajstić information content (AvgIpc) is 3.11. The van der Waals surface area contributed by atoms with Gasteiger partial charge in [-0.05, 0) is 25.1 Å². The van der Waals surface area contributed by atoms with Crippen LogP contribution in [0.1, 0.15) is 24.4 Å². The summed E-state index contributed by atoms with van der Waals surface area (Å²) in [6.45, 7) is 3.96. The van der Waals surface area contributed by atoms with E-state index in [0.29, 0.717) is 34.3 Å². The van der Waals surface area contributed by atoms with Crippen molar-refractivity contribution in [3.63, 3.8) is 0 Å². The summed E-state index contributed by atoms with van der Waals surface area (Å²) in [6, 6.07) is 4.34. The summed E-state index contributed by atoms with van der Waals surface area (Å²) < 4.78 is 21.6. The summed E-state index contributed by atoms with van der Waals surface area (Å²) in [5, 5.41) is 7.97. The molecule has 0 bridgehead atoms. The van der Waals surface area contributed by atoms with Gasteiger partial charge in [0.1, 0.15) is 17.7 Å². The van der Waals surface area contributed by atoms with Crippen LogP contribution in [0.3, 0.4) is 0 Å². The van der Waals surface area contributed by atoms with Crippen LogP contribution in [0.5, 0.6) is 5.75 Å². The number of anilines is 1. The SMILES string of the molecule is C[C@@H](Oc1cc(-c2nc3n(n2)CCNC3)cnc1N)c1c(Cl)ccc(F)c1Cl. The number of nitrogens with one attached hydrogen (secondary N) is 1. The highest BCUT2D eigenvalue weighted by Crippen LogP contribution is 2.36. The molecule has 0 amide bonds. The summed E-state index contributed by atoms with van der Waals surface area (Å²) in [7, 11) is 0. The Morgan fingerprint density at radius 1 is 1.36 bits per heavy atom. The van der Waals surface area contributed by atoms with Crippen LogP contribution in [-0.2, 0) is 13.1 Å². The predicted molar refractivity (Wildman–Crippen MR) is 105 cm³/mol. The highest BCUT2D eigenvalue weighted by Gasteiger charge is 2.21. The van der Waals surface area contributed by atoms with Gasteiger partial charge in [-0.3, -0.25) is 0 Å². The number of nitrogens with two attached hydrogens (primary N) is 1. The van der Waals surface area contributed by atoms with Gasteiger partial charge < -0.3 is 15.8 Å². The van der Waals surface area contributed by atoms with Crippen LogP contribution in [0.15, 0.2) is 24.4 Å². The molecule has 146 valence electrons. The monoisotopic (exact) mass is 422 g/mol. The van der Waals surface area contributed by atoms with Crippen LogP contribution in [0, 0.1) is 5.82 Å². The number of hydrogen-bond donors (Lipinski definition) is 2. The second kappa shape index (κ2) is 7.54. The van der Waals surface area contributed by atoms with Crippen LogP contribution in [0.4, 0.5) is 10.2 Å². The first-order valence-corrected chi connectivity index (χ1v) is 9.40. The summed E-state index contributed by atoms with van der Waals surface area (Å²) in [6.07, 6.45) is 0.937. The molecule has 0 fully saturated rings. The molecule has 1 aliphatic heterocycles. The number of pyridine rings is 1. The molecule has 7 nitrogen and oxygen atoms in total. The molecule has 3 N–H and O–H groups in total. The van der Waals surface area contributed by atoms with Crippen molar-refractivity contribution < 1.29 is 9.13 Å². The first-order valence-electron chi connectivity index (χ1n) is 8.64. The molecular weight excluding hydrogens is 406 g/mol. The molecule has 10 heteroatoms. The molecule has 0 unspecified atom stereocenters. The third-order valence-corrected chi connectivity index (χ3v) is 5.18. The first kappa shape index (κ1) is 18.9. The molecule has 0 saturated carbocycles. The Bertz CT molecular complexity index is 1020. The first-order chi connectivity index (χ1) is 13.4. The number of nitrogens with zero attached hydrogens (tertiary/aromatic N) is 4. The fraction of sp³-hybridized carbons (Fsp3) is 0.278. The summed E-state index contributed by atoms with van der Waals surface area (Å²) in [4.78, 5) is 8.71. The van der Waals surface area contributed by atoms with Gasteiger partial charge in [-0.1, -0.05) is 23.2 Å². The Labute approximate surface area is 170 Å². The van der Waals surface area contributed by atoms with Gasteiger partial charge in [-0.2, -0.15) is 5.10 Å². The number of aromatic nitrogens is 4. The van der Waals surface area contributed by atoms with Gasteiger partial charge >= 0.3 is 0 Å². The third-order valence-electron chi connectivity index (χ3n) is 4.46. The summed E-state index contributed by atoms with van der Waals surface area (Å²) in [5.74, 6) is 1.31. The van der Waals surface area contributed by atoms with Crippen molar-refractivity contribution in [3.8, 4) is 17.1 Å². The number of hydrogen-bond acceptors (Lipinski definition) is 6. The van der Waals surface area contributed by atoms with E-state index in [9.17, 15) is 4.39 Å². The molecule has 2 aromatic heterocycles. The highest BCUT2D eigenvalue weighted by molar-refractivity contribution is 6.36. The molecular formula is C18H17Cl2FN6O. The fourth-order valence-corrected chi connectivity index (χ4v) is 3.71. The van der Waals surface area contributed by atoms with E-state index in [1.807, 2.05) is 4.68 Å². The number of halogens is 3. The third kappa shape index (κ3) is 3.50. The van der Waals surface area contributed by atoms with Crippen molar-refractivity contribution in [3.05, 3.63) is 51.6 Å². The number of benzene rings is 1. The zero-order valence-corrected chi connectivity index (χ0v) is 16.4. The maximum atomic E-state index is 13.8. The Kier molecular flexibility index (Phi) is 5.09. The standard InChI is InChI=1S/C18H17Cl2FN6O/c1-9(15-11(19)2-3-12(21)16(15)20)28-13-6-10(7-24-17(13)22)18-25-14-8-23-4-5-27(14)26-18/h2-3,6-7,9,23H,4-5,8H2,1H3,(H2,22,24)/t9-/m1/s1. The molecule has 1 atom stereocenters. The van der Waals surface area contributed by atoms with Crippen molar-refractivity contribution in [2.24, 2.45) is 0 Å². The van der Waals surface area contributed by atoms with Gasteiger partial charge in [0.2, 0.25) is 0 Å². The van der Waals surface area contributed by atoms with Crippen LogP contribution in [-0.4, -0.2) is 26.3 Å². The molecule has 0 aliphatic carbocycles. The Hall–Kier alpha value is -2.42. The van der Waals surface area contributed by atoms with Crippen LogP contribution in [0.25, 0.3) is 11.4 Å². The molecule has 3 aromatic rings. The van der Waals surface area contributed by atoms with Crippen LogP contribution in [0.2, 0.25) is 10.0 Å². The van der Waals surface area contributed by atoms with Gasteiger partial charge in [0.15, 0.2) is 17.4 Å². The highest BCUT2D eigenvalue weighted by atomic mass is 35.5. The van der Waals surface area contributed by atoms with E-state index in [-0.39, 0.29) is 10.8 Å².